The molecule has 178 valence electrons. The van der Waals surface area contributed by atoms with Crippen LogP contribution in [-0.4, -0.2) is 26.4 Å². The van der Waals surface area contributed by atoms with E-state index in [1.54, 1.807) is 0 Å². The lowest BCUT2D eigenvalue weighted by molar-refractivity contribution is -0.127. The number of nitrogens with zero attached hydrogens (tertiary/aromatic N) is 3. The number of tetrazole rings is 1. The fraction of sp³-hybridized carbons (Fsp3) is 0.448. The topological polar surface area (TPSA) is 71.5 Å². The van der Waals surface area contributed by atoms with Crippen molar-refractivity contribution < 1.29 is 4.79 Å². The molecule has 0 bridgehead atoms. The van der Waals surface area contributed by atoms with E-state index in [9.17, 15) is 4.79 Å². The van der Waals surface area contributed by atoms with Gasteiger partial charge in [-0.05, 0) is 65.1 Å². The van der Waals surface area contributed by atoms with Crippen LogP contribution in [0.1, 0.15) is 95.4 Å². The molecule has 1 aromatic heterocycles. The highest BCUT2D eigenvalue weighted by atomic mass is 16.1. The van der Waals surface area contributed by atoms with E-state index in [0.29, 0.717) is 18.0 Å². The maximum absolute atomic E-state index is 13.5. The number of hydrogen-bond acceptors (Lipinski definition) is 4. The van der Waals surface area contributed by atoms with Crippen LogP contribution in [0.25, 0.3) is 23.0 Å². The summed E-state index contributed by atoms with van der Waals surface area (Å²) in [5.41, 5.74) is 6.88. The number of rotatable bonds is 8. The number of carbonyl (C=O) groups is 1. The molecule has 5 nitrogen and oxygen atoms in total. The van der Waals surface area contributed by atoms with Gasteiger partial charge in [-0.25, -0.2) is 0 Å². The summed E-state index contributed by atoms with van der Waals surface area (Å²) in [6.45, 7) is 11.0. The molecule has 0 aliphatic heterocycles. The minimum Gasteiger partial charge on any atom is -0.299 e. The first kappa shape index (κ1) is 24.1. The summed E-state index contributed by atoms with van der Waals surface area (Å²) in [4.78, 5) is 13.5. The van der Waals surface area contributed by atoms with Gasteiger partial charge in [0.15, 0.2) is 0 Å². The van der Waals surface area contributed by atoms with Crippen LogP contribution in [0.15, 0.2) is 42.5 Å². The Balaban J connectivity index is 1.78. The molecule has 0 amide bonds. The molecule has 0 saturated carbocycles. The zero-order valence-corrected chi connectivity index (χ0v) is 21.1. The summed E-state index contributed by atoms with van der Waals surface area (Å²) in [7, 11) is 0. The highest BCUT2D eigenvalue weighted by Gasteiger charge is 2.49. The maximum atomic E-state index is 13.5. The third-order valence-electron chi connectivity index (χ3n) is 8.31. The van der Waals surface area contributed by atoms with Gasteiger partial charge in [0, 0.05) is 17.4 Å². The second-order valence-electron chi connectivity index (χ2n) is 9.52. The Kier molecular flexibility index (Phi) is 6.83. The van der Waals surface area contributed by atoms with Crippen LogP contribution in [0.3, 0.4) is 0 Å². The lowest BCUT2D eigenvalue weighted by Crippen LogP contribution is -2.47. The van der Waals surface area contributed by atoms with Crippen molar-refractivity contribution in [3.8, 4) is 11.4 Å². The fourth-order valence-electron chi connectivity index (χ4n) is 5.83. The summed E-state index contributed by atoms with van der Waals surface area (Å²) >= 11 is 0. The van der Waals surface area contributed by atoms with Gasteiger partial charge < -0.3 is 0 Å². The van der Waals surface area contributed by atoms with E-state index in [0.717, 1.165) is 43.2 Å². The lowest BCUT2D eigenvalue weighted by atomic mass is 9.56. The van der Waals surface area contributed by atoms with Crippen molar-refractivity contribution in [1.82, 2.24) is 20.6 Å². The molecular weight excluding hydrogens is 420 g/mol. The van der Waals surface area contributed by atoms with E-state index < -0.39 is 0 Å². The molecule has 0 saturated heterocycles. The first-order valence-corrected chi connectivity index (χ1v) is 12.7. The number of H-pyrrole nitrogens is 1. The van der Waals surface area contributed by atoms with Gasteiger partial charge in [0.1, 0.15) is 5.78 Å². The Labute approximate surface area is 203 Å². The standard InChI is InChI=1S/C29H36N4O/c1-6-21(17-20-11-13-22(14-12-20)27-30-32-33-31-27)23-15-16-24-25(18-23)28(7-2,8-3)19-26(34)29(24,9-4)10-5/h11-18H,6-10,19H2,1-5H3,(H,30,31,32,33)/b21-17+. The van der Waals surface area contributed by atoms with Gasteiger partial charge in [-0.2, -0.15) is 5.21 Å². The van der Waals surface area contributed by atoms with Crippen molar-refractivity contribution >= 4 is 17.4 Å². The first-order chi connectivity index (χ1) is 16.5. The van der Waals surface area contributed by atoms with Crippen LogP contribution in [0.4, 0.5) is 0 Å². The minimum atomic E-state index is -0.344. The van der Waals surface area contributed by atoms with E-state index >= 15 is 0 Å². The summed E-state index contributed by atoms with van der Waals surface area (Å²) in [6.07, 6.45) is 7.55. The van der Waals surface area contributed by atoms with Gasteiger partial charge >= 0.3 is 0 Å². The van der Waals surface area contributed by atoms with Crippen molar-refractivity contribution in [2.75, 3.05) is 0 Å². The molecule has 2 aromatic carbocycles. The van der Waals surface area contributed by atoms with E-state index in [4.69, 9.17) is 0 Å². The molecule has 0 atom stereocenters. The normalized spacial score (nSPS) is 17.0. The quantitative estimate of drug-likeness (QED) is 0.374. The third-order valence-corrected chi connectivity index (χ3v) is 8.31. The van der Waals surface area contributed by atoms with Crippen molar-refractivity contribution in [1.29, 1.82) is 0 Å². The average molecular weight is 457 g/mol. The molecule has 4 rings (SSSR count). The van der Waals surface area contributed by atoms with Crippen LogP contribution in [-0.2, 0) is 15.6 Å². The summed E-state index contributed by atoms with van der Waals surface area (Å²) in [6, 6.07) is 15.1. The van der Waals surface area contributed by atoms with Crippen molar-refractivity contribution in [2.45, 2.75) is 84.0 Å². The Morgan fingerprint density at radius 2 is 1.65 bits per heavy atom. The van der Waals surface area contributed by atoms with Crippen molar-refractivity contribution in [3.63, 3.8) is 0 Å². The predicted molar refractivity (Wildman–Crippen MR) is 138 cm³/mol. The molecule has 1 aliphatic rings. The summed E-state index contributed by atoms with van der Waals surface area (Å²) in [5.74, 6) is 1.02. The minimum absolute atomic E-state index is 0.0681. The molecule has 5 heteroatoms. The molecule has 1 N–H and O–H groups in total. The number of allylic oxidation sites excluding steroid dienone is 1. The second-order valence-corrected chi connectivity index (χ2v) is 9.52. The number of ketones is 1. The van der Waals surface area contributed by atoms with Crippen LogP contribution in [0.2, 0.25) is 0 Å². The smallest absolute Gasteiger partial charge is 0.204 e. The number of aromatic nitrogens is 4. The second kappa shape index (κ2) is 9.65. The largest absolute Gasteiger partial charge is 0.299 e. The van der Waals surface area contributed by atoms with E-state index in [-0.39, 0.29) is 10.8 Å². The zero-order chi connectivity index (χ0) is 24.3. The molecule has 0 unspecified atom stereocenters. The lowest BCUT2D eigenvalue weighted by Gasteiger charge is -2.46. The summed E-state index contributed by atoms with van der Waals surface area (Å²) in [5, 5.41) is 14.3. The number of benzene rings is 2. The fourth-order valence-corrected chi connectivity index (χ4v) is 5.83. The zero-order valence-electron chi connectivity index (χ0n) is 21.1. The number of nitrogens with one attached hydrogen (secondary N) is 1. The Hall–Kier alpha value is -3.08. The molecule has 1 aliphatic carbocycles. The van der Waals surface area contributed by atoms with Crippen LogP contribution in [0, 0.1) is 0 Å². The van der Waals surface area contributed by atoms with Gasteiger partial charge in [0.05, 0.1) is 5.41 Å². The van der Waals surface area contributed by atoms with Gasteiger partial charge in [-0.15, -0.1) is 10.2 Å². The number of aromatic amines is 1. The highest BCUT2D eigenvalue weighted by molar-refractivity contribution is 5.94. The van der Waals surface area contributed by atoms with Crippen molar-refractivity contribution in [2.24, 2.45) is 0 Å². The van der Waals surface area contributed by atoms with E-state index in [1.165, 1.54) is 22.3 Å². The van der Waals surface area contributed by atoms with Gasteiger partial charge in [0.25, 0.3) is 0 Å². The van der Waals surface area contributed by atoms with Gasteiger partial charge in [-0.3, -0.25) is 4.79 Å². The monoisotopic (exact) mass is 456 g/mol. The Bertz CT molecular complexity index is 1170. The molecule has 0 fully saturated rings. The third kappa shape index (κ3) is 3.91. The number of hydrogen-bond donors (Lipinski definition) is 1. The van der Waals surface area contributed by atoms with Crippen LogP contribution in [0.5, 0.6) is 0 Å². The number of fused-ring (bicyclic) bond motifs is 1. The average Bonchev–Trinajstić information content (AvgIpc) is 3.42. The van der Waals surface area contributed by atoms with Crippen LogP contribution < -0.4 is 0 Å². The molecule has 0 radical (unpaired) electrons. The Morgan fingerprint density at radius 3 is 2.21 bits per heavy atom. The Morgan fingerprint density at radius 1 is 0.941 bits per heavy atom. The van der Waals surface area contributed by atoms with Crippen molar-refractivity contribution in [3.05, 3.63) is 64.7 Å². The van der Waals surface area contributed by atoms with Gasteiger partial charge in [-0.1, -0.05) is 83.2 Å². The molecule has 1 heterocycles. The van der Waals surface area contributed by atoms with E-state index in [1.807, 2.05) is 12.1 Å². The molecule has 34 heavy (non-hydrogen) atoms. The predicted octanol–water partition coefficient (Wildman–Crippen LogP) is 6.91. The molecular formula is C29H36N4O. The number of carbonyl (C=O) groups excluding carboxylic acids is 1. The molecule has 3 aromatic rings. The SMILES string of the molecule is CC/C(=C\c1ccc(-c2nn[nH]n2)cc1)c1ccc2c(c1)C(CC)(CC)CC(=O)C2(CC)CC. The number of Topliss-reactive ketones (excluding diaryl/α,β-unsaturated/α-hetero) is 1. The van der Waals surface area contributed by atoms with Crippen LogP contribution >= 0.6 is 0 Å². The van der Waals surface area contributed by atoms with Gasteiger partial charge in [0.2, 0.25) is 5.82 Å². The first-order valence-electron chi connectivity index (χ1n) is 12.7. The highest BCUT2D eigenvalue weighted by Crippen LogP contribution is 2.51. The molecule has 0 spiro atoms. The summed E-state index contributed by atoms with van der Waals surface area (Å²) < 4.78 is 0. The van der Waals surface area contributed by atoms with E-state index in [2.05, 4.69) is 91.7 Å². The maximum Gasteiger partial charge on any atom is 0.204 e.